The largest absolute Gasteiger partial charge is 0.494 e. The molecule has 0 amide bonds. The molecule has 0 aliphatic heterocycles. The van der Waals surface area contributed by atoms with Crippen molar-refractivity contribution in [1.29, 1.82) is 0 Å². The first kappa shape index (κ1) is 13.9. The van der Waals surface area contributed by atoms with E-state index in [1.807, 2.05) is 38.2 Å². The van der Waals surface area contributed by atoms with Crippen LogP contribution in [0.2, 0.25) is 0 Å². The van der Waals surface area contributed by atoms with Crippen molar-refractivity contribution in [1.82, 2.24) is 4.90 Å². The zero-order chi connectivity index (χ0) is 13.9. The summed E-state index contributed by atoms with van der Waals surface area (Å²) in [6.45, 7) is 4.01. The fourth-order valence-electron chi connectivity index (χ4n) is 2.33. The van der Waals surface area contributed by atoms with Crippen LogP contribution in [-0.2, 0) is 11.3 Å². The minimum atomic E-state index is -0.661. The summed E-state index contributed by atoms with van der Waals surface area (Å²) >= 11 is 0. The van der Waals surface area contributed by atoms with Crippen LogP contribution in [0.25, 0.3) is 0 Å². The van der Waals surface area contributed by atoms with Gasteiger partial charge in [0.05, 0.1) is 12.0 Å². The molecule has 0 unspecified atom stereocenters. The number of rotatable bonds is 7. The van der Waals surface area contributed by atoms with Gasteiger partial charge in [0.1, 0.15) is 5.75 Å². The van der Waals surface area contributed by atoms with E-state index >= 15 is 0 Å². The van der Waals surface area contributed by atoms with Crippen LogP contribution in [0.3, 0.4) is 0 Å². The molecule has 19 heavy (non-hydrogen) atoms. The minimum Gasteiger partial charge on any atom is -0.494 e. The molecule has 0 heterocycles. The number of hydrogen-bond donors (Lipinski definition) is 1. The van der Waals surface area contributed by atoms with Crippen molar-refractivity contribution < 1.29 is 14.6 Å². The molecule has 4 nitrogen and oxygen atoms in total. The number of ether oxygens (including phenoxy) is 1. The van der Waals surface area contributed by atoms with Crippen LogP contribution in [0.4, 0.5) is 0 Å². The molecule has 0 bridgehead atoms. The van der Waals surface area contributed by atoms with Gasteiger partial charge in [-0.2, -0.15) is 0 Å². The van der Waals surface area contributed by atoms with E-state index < -0.39 is 11.4 Å². The van der Waals surface area contributed by atoms with Crippen LogP contribution >= 0.6 is 0 Å². The molecule has 1 saturated carbocycles. The normalized spacial score (nSPS) is 16.4. The van der Waals surface area contributed by atoms with Gasteiger partial charge in [0.2, 0.25) is 0 Å². The predicted octanol–water partition coefficient (Wildman–Crippen LogP) is 2.38. The third-order valence-corrected chi connectivity index (χ3v) is 3.57. The fraction of sp³-hybridized carbons (Fsp3) is 0.533. The molecule has 1 N–H and O–H groups in total. The van der Waals surface area contributed by atoms with Crippen molar-refractivity contribution in [2.75, 3.05) is 20.2 Å². The van der Waals surface area contributed by atoms with Crippen LogP contribution in [-0.4, -0.2) is 36.2 Å². The number of aliphatic carboxylic acids is 1. The molecule has 1 aromatic carbocycles. The molecule has 1 aliphatic carbocycles. The Labute approximate surface area is 114 Å². The van der Waals surface area contributed by atoms with Crippen molar-refractivity contribution in [2.24, 2.45) is 5.41 Å². The van der Waals surface area contributed by atoms with E-state index in [-0.39, 0.29) is 0 Å². The van der Waals surface area contributed by atoms with Gasteiger partial charge >= 0.3 is 5.97 Å². The standard InChI is InChI=1S/C15H21NO3/c1-3-19-13-6-4-12(5-7-13)10-16(2)11-15(8-9-15)14(17)18/h4-7H,3,8-11H2,1-2H3,(H,17,18). The Hall–Kier alpha value is -1.55. The molecule has 1 aliphatic rings. The number of carbonyl (C=O) groups is 1. The van der Waals surface area contributed by atoms with Gasteiger partial charge in [-0.05, 0) is 44.5 Å². The summed E-state index contributed by atoms with van der Waals surface area (Å²) in [5.74, 6) is 0.212. The Morgan fingerprint density at radius 2 is 2.00 bits per heavy atom. The lowest BCUT2D eigenvalue weighted by Gasteiger charge is -2.21. The SMILES string of the molecule is CCOc1ccc(CN(C)CC2(C(=O)O)CC2)cc1. The van der Waals surface area contributed by atoms with Crippen LogP contribution < -0.4 is 4.74 Å². The molecule has 1 aromatic rings. The quantitative estimate of drug-likeness (QED) is 0.820. The van der Waals surface area contributed by atoms with Crippen molar-refractivity contribution in [3.8, 4) is 5.75 Å². The Morgan fingerprint density at radius 3 is 2.47 bits per heavy atom. The first-order valence-electron chi connectivity index (χ1n) is 6.69. The van der Waals surface area contributed by atoms with E-state index in [4.69, 9.17) is 4.74 Å². The molecule has 2 rings (SSSR count). The van der Waals surface area contributed by atoms with Gasteiger partial charge in [-0.25, -0.2) is 0 Å². The summed E-state index contributed by atoms with van der Waals surface area (Å²) in [6, 6.07) is 7.97. The fourth-order valence-corrected chi connectivity index (χ4v) is 2.33. The highest BCUT2D eigenvalue weighted by Gasteiger charge is 2.50. The number of nitrogens with zero attached hydrogens (tertiary/aromatic N) is 1. The third kappa shape index (κ3) is 3.47. The van der Waals surface area contributed by atoms with Crippen LogP contribution in [0.1, 0.15) is 25.3 Å². The Bertz CT molecular complexity index is 437. The van der Waals surface area contributed by atoms with Gasteiger partial charge in [-0.3, -0.25) is 4.79 Å². The maximum Gasteiger partial charge on any atom is 0.310 e. The van der Waals surface area contributed by atoms with E-state index in [9.17, 15) is 9.90 Å². The summed E-state index contributed by atoms with van der Waals surface area (Å²) in [5.41, 5.74) is 0.687. The van der Waals surface area contributed by atoms with Crippen molar-refractivity contribution >= 4 is 5.97 Å². The van der Waals surface area contributed by atoms with E-state index in [2.05, 4.69) is 4.90 Å². The smallest absolute Gasteiger partial charge is 0.310 e. The predicted molar refractivity (Wildman–Crippen MR) is 73.2 cm³/mol. The molecular weight excluding hydrogens is 242 g/mol. The summed E-state index contributed by atoms with van der Waals surface area (Å²) < 4.78 is 5.40. The maximum atomic E-state index is 11.1. The lowest BCUT2D eigenvalue weighted by Crippen LogP contribution is -2.31. The van der Waals surface area contributed by atoms with Crippen molar-refractivity contribution in [3.63, 3.8) is 0 Å². The molecule has 4 heteroatoms. The first-order valence-corrected chi connectivity index (χ1v) is 6.69. The zero-order valence-electron chi connectivity index (χ0n) is 11.6. The summed E-state index contributed by atoms with van der Waals surface area (Å²) in [5, 5.41) is 9.17. The molecule has 104 valence electrons. The molecule has 1 fully saturated rings. The number of carboxylic acids is 1. The van der Waals surface area contributed by atoms with Gasteiger partial charge < -0.3 is 14.7 Å². The third-order valence-electron chi connectivity index (χ3n) is 3.57. The highest BCUT2D eigenvalue weighted by atomic mass is 16.5. The Balaban J connectivity index is 1.88. The van der Waals surface area contributed by atoms with E-state index in [0.717, 1.165) is 25.1 Å². The molecule has 0 aromatic heterocycles. The lowest BCUT2D eigenvalue weighted by atomic mass is 10.1. The molecule has 0 saturated heterocycles. The van der Waals surface area contributed by atoms with Gasteiger partial charge in [0.25, 0.3) is 0 Å². The van der Waals surface area contributed by atoms with E-state index in [0.29, 0.717) is 13.2 Å². The monoisotopic (exact) mass is 263 g/mol. The number of benzene rings is 1. The van der Waals surface area contributed by atoms with Crippen LogP contribution in [0.15, 0.2) is 24.3 Å². The van der Waals surface area contributed by atoms with Crippen molar-refractivity contribution in [2.45, 2.75) is 26.3 Å². The molecular formula is C15H21NO3. The molecule has 0 radical (unpaired) electrons. The van der Waals surface area contributed by atoms with Crippen molar-refractivity contribution in [3.05, 3.63) is 29.8 Å². The second-order valence-corrected chi connectivity index (χ2v) is 5.33. The first-order chi connectivity index (χ1) is 9.05. The summed E-state index contributed by atoms with van der Waals surface area (Å²) in [4.78, 5) is 13.2. The second-order valence-electron chi connectivity index (χ2n) is 5.33. The average Bonchev–Trinajstić information content (AvgIpc) is 3.13. The van der Waals surface area contributed by atoms with Crippen LogP contribution in [0, 0.1) is 5.41 Å². The topological polar surface area (TPSA) is 49.8 Å². The summed E-state index contributed by atoms with van der Waals surface area (Å²) in [6.07, 6.45) is 1.60. The van der Waals surface area contributed by atoms with Gasteiger partial charge in [-0.1, -0.05) is 12.1 Å². The van der Waals surface area contributed by atoms with E-state index in [1.165, 1.54) is 5.56 Å². The number of carboxylic acid groups (broad SMARTS) is 1. The van der Waals surface area contributed by atoms with Gasteiger partial charge in [0, 0.05) is 13.1 Å². The average molecular weight is 263 g/mol. The highest BCUT2D eigenvalue weighted by molar-refractivity contribution is 5.78. The van der Waals surface area contributed by atoms with Crippen LogP contribution in [0.5, 0.6) is 5.75 Å². The molecule has 0 atom stereocenters. The highest BCUT2D eigenvalue weighted by Crippen LogP contribution is 2.46. The Morgan fingerprint density at radius 1 is 1.37 bits per heavy atom. The summed E-state index contributed by atoms with van der Waals surface area (Å²) in [7, 11) is 1.97. The zero-order valence-corrected chi connectivity index (χ0v) is 11.6. The number of hydrogen-bond acceptors (Lipinski definition) is 3. The van der Waals surface area contributed by atoms with E-state index in [1.54, 1.807) is 0 Å². The second kappa shape index (κ2) is 5.61. The Kier molecular flexibility index (Phi) is 4.10. The van der Waals surface area contributed by atoms with Gasteiger partial charge in [-0.15, -0.1) is 0 Å². The lowest BCUT2D eigenvalue weighted by molar-refractivity contribution is -0.144. The minimum absolute atomic E-state index is 0.486. The van der Waals surface area contributed by atoms with Gasteiger partial charge in [0.15, 0.2) is 0 Å². The maximum absolute atomic E-state index is 11.1. The molecule has 0 spiro atoms.